The zero-order valence-corrected chi connectivity index (χ0v) is 12.3. The van der Waals surface area contributed by atoms with E-state index in [2.05, 4.69) is 0 Å². The quantitative estimate of drug-likeness (QED) is 0.841. The summed E-state index contributed by atoms with van der Waals surface area (Å²) in [5.74, 6) is 0.145. The Hall–Kier alpha value is -1.52. The lowest BCUT2D eigenvalue weighted by Gasteiger charge is -2.56. The Bertz CT molecular complexity index is 891. The summed E-state index contributed by atoms with van der Waals surface area (Å²) < 4.78 is 59.2. The van der Waals surface area contributed by atoms with Crippen LogP contribution in [0.3, 0.4) is 0 Å². The fraction of sp³-hybridized carbons (Fsp3) is 0.556. The lowest BCUT2D eigenvalue weighted by molar-refractivity contribution is -0.0453. The molecule has 0 amide bonds. The van der Waals surface area contributed by atoms with Crippen molar-refractivity contribution >= 4 is 0 Å². The summed E-state index contributed by atoms with van der Waals surface area (Å²) in [5.41, 5.74) is 0.983. The normalized spacial score (nSPS) is 52.2. The molecule has 0 radical (unpaired) electrons. The highest BCUT2D eigenvalue weighted by atomic mass is 16.5. The van der Waals surface area contributed by atoms with E-state index in [9.17, 15) is 1.37 Å². The number of likely N-dealkylation sites (N-methyl/N-ethyl adjacent to an activating group) is 1. The van der Waals surface area contributed by atoms with Gasteiger partial charge in [0.2, 0.25) is 1.43 Å². The topological polar surface area (TPSA) is 41.9 Å². The van der Waals surface area contributed by atoms with Crippen molar-refractivity contribution in [1.82, 2.24) is 4.90 Å². The fourth-order valence-corrected chi connectivity index (χ4v) is 4.89. The van der Waals surface area contributed by atoms with Gasteiger partial charge in [0.05, 0.1) is 12.5 Å². The lowest BCUT2D eigenvalue weighted by Crippen LogP contribution is -2.64. The van der Waals surface area contributed by atoms with Crippen LogP contribution in [-0.2, 0) is 11.8 Å². The summed E-state index contributed by atoms with van der Waals surface area (Å²) in [6, 6.07) is 2.45. The molecular formula is C18H21NO3. The molecule has 1 aromatic rings. The van der Waals surface area contributed by atoms with E-state index in [1.54, 1.807) is 12.1 Å². The van der Waals surface area contributed by atoms with Gasteiger partial charge in [0.1, 0.15) is 12.2 Å². The minimum atomic E-state index is -2.64. The number of rotatable bonds is 2. The summed E-state index contributed by atoms with van der Waals surface area (Å²) in [5, 5.41) is 4.80. The molecular weight excluding hydrogens is 278 g/mol. The van der Waals surface area contributed by atoms with Crippen molar-refractivity contribution in [3.05, 3.63) is 35.4 Å². The minimum absolute atomic E-state index is 0.102. The molecule has 2 heterocycles. The smallest absolute Gasteiger partial charge is 0.211 e. The van der Waals surface area contributed by atoms with Gasteiger partial charge in [-0.1, -0.05) is 18.2 Å². The molecule has 0 saturated carbocycles. The first-order valence-electron chi connectivity index (χ1n) is 10.5. The third-order valence-electron chi connectivity index (χ3n) is 5.83. The van der Waals surface area contributed by atoms with Gasteiger partial charge in [-0.2, -0.15) is 0 Å². The molecule has 1 saturated heterocycles. The second-order valence-corrected chi connectivity index (χ2v) is 6.65. The Morgan fingerprint density at radius 3 is 3.36 bits per heavy atom. The number of aliphatic hydroxyl groups is 1. The van der Waals surface area contributed by atoms with Crippen LogP contribution >= 0.6 is 0 Å². The van der Waals surface area contributed by atoms with E-state index >= 15 is 0 Å². The van der Waals surface area contributed by atoms with E-state index in [1.807, 2.05) is 18.0 Å². The first-order chi connectivity index (χ1) is 13.1. The number of hydrogen-bond acceptors (Lipinski definition) is 4. The largest absolute Gasteiger partial charge is 0.493 e. The number of methoxy groups -OCH3 is 1. The van der Waals surface area contributed by atoms with Gasteiger partial charge >= 0.3 is 0 Å². The van der Waals surface area contributed by atoms with Crippen LogP contribution in [0.1, 0.15) is 24.4 Å². The zero-order chi connectivity index (χ0) is 20.1. The van der Waals surface area contributed by atoms with Crippen molar-refractivity contribution in [2.45, 2.75) is 36.5 Å². The summed E-state index contributed by atoms with van der Waals surface area (Å²) in [6.45, 7) is 0.630. The van der Waals surface area contributed by atoms with Crippen LogP contribution in [-0.4, -0.2) is 50.3 Å². The van der Waals surface area contributed by atoms with Crippen molar-refractivity contribution in [2.24, 2.45) is 5.92 Å². The number of benzene rings is 1. The van der Waals surface area contributed by atoms with E-state index in [0.29, 0.717) is 25.1 Å². The van der Waals surface area contributed by atoms with Crippen molar-refractivity contribution in [2.75, 3.05) is 20.6 Å². The monoisotopic (exact) mass is 305 g/mol. The second-order valence-electron chi connectivity index (χ2n) is 6.65. The molecule has 2 aliphatic heterocycles. The van der Waals surface area contributed by atoms with Gasteiger partial charge in [0.15, 0.2) is 11.5 Å². The Morgan fingerprint density at radius 1 is 1.55 bits per heavy atom. The molecule has 1 spiro atoms. The average molecular weight is 305 g/mol. The molecule has 4 aliphatic rings. The highest BCUT2D eigenvalue weighted by molar-refractivity contribution is 5.62. The van der Waals surface area contributed by atoms with Crippen molar-refractivity contribution < 1.29 is 21.4 Å². The van der Waals surface area contributed by atoms with E-state index in [0.717, 1.165) is 11.1 Å². The third-order valence-corrected chi connectivity index (χ3v) is 5.83. The fourth-order valence-electron chi connectivity index (χ4n) is 4.89. The SMILES string of the molecule is [2H]OC1([2H])C=C[C@@H]2[C@@]34CCN(C)[C@]2([2H])Cc2ccc(OC([2H])([2H])[2H])c(c23)OC14. The molecule has 1 aromatic carbocycles. The predicted molar refractivity (Wildman–Crippen MR) is 82.5 cm³/mol. The number of ether oxygens (including phenoxy) is 2. The second kappa shape index (κ2) is 4.06. The van der Waals surface area contributed by atoms with E-state index in [4.69, 9.17) is 21.5 Å². The maximum atomic E-state index is 9.25. The Balaban J connectivity index is 1.79. The first kappa shape index (κ1) is 8.37. The lowest BCUT2D eigenvalue weighted by atomic mass is 9.53. The van der Waals surface area contributed by atoms with E-state index in [-0.39, 0.29) is 11.7 Å². The Labute approximate surface area is 138 Å². The van der Waals surface area contributed by atoms with E-state index in [1.165, 1.54) is 6.08 Å². The molecule has 2 aliphatic carbocycles. The number of nitrogens with zero attached hydrogens (tertiary/aromatic N) is 1. The molecule has 4 heteroatoms. The Kier molecular flexibility index (Phi) is 1.54. The minimum Gasteiger partial charge on any atom is -0.493 e. The van der Waals surface area contributed by atoms with Gasteiger partial charge in [-0.3, -0.25) is 0 Å². The summed E-state index contributed by atoms with van der Waals surface area (Å²) >= 11 is 0. The molecule has 116 valence electrons. The molecule has 22 heavy (non-hydrogen) atoms. The van der Waals surface area contributed by atoms with Crippen LogP contribution in [0.4, 0.5) is 0 Å². The van der Waals surface area contributed by atoms with Gasteiger partial charge < -0.3 is 19.5 Å². The predicted octanol–water partition coefficient (Wildman–Crippen LogP) is 1.50. The van der Waals surface area contributed by atoms with Crippen LogP contribution in [0.2, 0.25) is 0 Å². The van der Waals surface area contributed by atoms with Crippen molar-refractivity contribution in [3.63, 3.8) is 0 Å². The molecule has 1 N–H and O–H groups in total. The van der Waals surface area contributed by atoms with Gasteiger partial charge in [-0.25, -0.2) is 0 Å². The number of hydrogen-bond donors (Lipinski definition) is 1. The van der Waals surface area contributed by atoms with Gasteiger partial charge in [0.25, 0.3) is 0 Å². The zero-order valence-electron chi connectivity index (χ0n) is 18.3. The summed E-state index contributed by atoms with van der Waals surface area (Å²) in [6.07, 6.45) is 1.78. The molecule has 5 rings (SSSR count). The highest BCUT2D eigenvalue weighted by Crippen LogP contribution is 2.62. The Morgan fingerprint density at radius 2 is 2.50 bits per heavy atom. The van der Waals surface area contributed by atoms with E-state index < -0.39 is 30.7 Å². The molecule has 2 unspecified atom stereocenters. The average Bonchev–Trinajstić information content (AvgIpc) is 2.97. The van der Waals surface area contributed by atoms with Gasteiger partial charge in [-0.05, 0) is 38.1 Å². The van der Waals surface area contributed by atoms with Crippen molar-refractivity contribution in [3.8, 4) is 11.5 Å². The molecule has 5 atom stereocenters. The van der Waals surface area contributed by atoms with Crippen molar-refractivity contribution in [1.29, 1.82) is 1.43 Å². The molecule has 0 aromatic heterocycles. The molecule has 4 nitrogen and oxygen atoms in total. The van der Waals surface area contributed by atoms with Crippen LogP contribution in [0, 0.1) is 5.92 Å². The maximum absolute atomic E-state index is 9.25. The highest BCUT2D eigenvalue weighted by Gasteiger charge is 2.64. The van der Waals surface area contributed by atoms with Crippen LogP contribution in [0.25, 0.3) is 0 Å². The van der Waals surface area contributed by atoms with Crippen LogP contribution < -0.4 is 9.47 Å². The maximum Gasteiger partial charge on any atom is 0.211 e. The first-order valence-corrected chi connectivity index (χ1v) is 7.62. The molecule has 2 bridgehead atoms. The number of piperidine rings is 1. The molecule has 1 fully saturated rings. The third kappa shape index (κ3) is 1.28. The number of likely N-dealkylation sites (tertiary alicyclic amines) is 1. The summed E-state index contributed by atoms with van der Waals surface area (Å²) in [4.78, 5) is 2.02. The van der Waals surface area contributed by atoms with Crippen LogP contribution in [0.15, 0.2) is 24.3 Å². The summed E-state index contributed by atoms with van der Waals surface area (Å²) in [7, 11) is -0.706. The van der Waals surface area contributed by atoms with Gasteiger partial charge in [-0.15, -0.1) is 0 Å². The van der Waals surface area contributed by atoms with Gasteiger partial charge in [0, 0.05) is 24.3 Å². The van der Waals surface area contributed by atoms with Crippen LogP contribution in [0.5, 0.6) is 11.5 Å². The standard InChI is InChI=1S/C18H21NO3/c1-19-8-7-18-11-4-5-13(20)17(18)22-16-14(21-2)6-3-10(15(16)18)9-12(11)19/h3-6,11-13,17,20H,7-9H2,1-2H3/t11-,12+,13?,17?,18-/m0/s1/i2D3,12D,13D,20D.